The van der Waals surface area contributed by atoms with Gasteiger partial charge in [-0.25, -0.2) is 23.1 Å². The van der Waals surface area contributed by atoms with E-state index in [1.165, 1.54) is 26.4 Å². The fraction of sp³-hybridized carbons (Fsp3) is 0.261. The molecule has 8 nitrogen and oxygen atoms in total. The highest BCUT2D eigenvalue weighted by Crippen LogP contribution is 2.34. The van der Waals surface area contributed by atoms with Crippen LogP contribution in [0.2, 0.25) is 0 Å². The summed E-state index contributed by atoms with van der Waals surface area (Å²) in [5, 5.41) is 1.62. The predicted molar refractivity (Wildman–Crippen MR) is 119 cm³/mol. The SMILES string of the molecule is COc1cc(-n2cnc3cc(-c4cnc(C)n4C)ccc32)cc(OC)c1C(=O)NC(F)C(F)F. The van der Waals surface area contributed by atoms with Crippen LogP contribution in [-0.2, 0) is 7.05 Å². The second-order valence-corrected chi connectivity index (χ2v) is 7.50. The number of rotatable bonds is 7. The summed E-state index contributed by atoms with van der Waals surface area (Å²) < 4.78 is 52.9. The van der Waals surface area contributed by atoms with Crippen LogP contribution in [0.3, 0.4) is 0 Å². The Kier molecular flexibility index (Phi) is 6.18. The zero-order valence-corrected chi connectivity index (χ0v) is 18.8. The first-order valence-corrected chi connectivity index (χ1v) is 10.2. The number of fused-ring (bicyclic) bond motifs is 1. The number of imidazole rings is 2. The first-order valence-electron chi connectivity index (χ1n) is 10.2. The highest BCUT2D eigenvalue weighted by atomic mass is 19.3. The minimum Gasteiger partial charge on any atom is -0.496 e. The summed E-state index contributed by atoms with van der Waals surface area (Å²) in [6.45, 7) is 1.92. The predicted octanol–water partition coefficient (Wildman–Crippen LogP) is 4.04. The monoisotopic (exact) mass is 473 g/mol. The number of benzene rings is 2. The van der Waals surface area contributed by atoms with Crippen LogP contribution in [0, 0.1) is 6.92 Å². The lowest BCUT2D eigenvalue weighted by molar-refractivity contribution is 0.0285. The number of carbonyl (C=O) groups is 1. The second-order valence-electron chi connectivity index (χ2n) is 7.50. The first kappa shape index (κ1) is 23.1. The number of amides is 1. The molecular formula is C23H22F3N5O3. The van der Waals surface area contributed by atoms with E-state index in [2.05, 4.69) is 9.97 Å². The number of aryl methyl sites for hydroxylation is 1. The Morgan fingerprint density at radius 3 is 2.29 bits per heavy atom. The summed E-state index contributed by atoms with van der Waals surface area (Å²) in [4.78, 5) is 21.3. The van der Waals surface area contributed by atoms with Gasteiger partial charge in [0, 0.05) is 24.7 Å². The quantitative estimate of drug-likeness (QED) is 0.410. The van der Waals surface area contributed by atoms with Crippen molar-refractivity contribution >= 4 is 16.9 Å². The molecule has 0 aliphatic heterocycles. The number of halogens is 3. The Bertz CT molecular complexity index is 1340. The number of nitrogens with one attached hydrogen (secondary N) is 1. The van der Waals surface area contributed by atoms with Crippen molar-refractivity contribution in [2.75, 3.05) is 14.2 Å². The zero-order valence-electron chi connectivity index (χ0n) is 18.8. The number of methoxy groups -OCH3 is 2. The fourth-order valence-electron chi connectivity index (χ4n) is 3.67. The molecule has 0 aliphatic carbocycles. The van der Waals surface area contributed by atoms with Gasteiger partial charge < -0.3 is 19.4 Å². The molecule has 1 amide bonds. The summed E-state index contributed by atoms with van der Waals surface area (Å²) >= 11 is 0. The van der Waals surface area contributed by atoms with E-state index in [1.807, 2.05) is 36.7 Å². The maximum atomic E-state index is 13.4. The molecule has 0 fully saturated rings. The molecule has 2 heterocycles. The summed E-state index contributed by atoms with van der Waals surface area (Å²) in [6, 6.07) is 8.82. The molecule has 178 valence electrons. The fourth-order valence-corrected chi connectivity index (χ4v) is 3.67. The van der Waals surface area contributed by atoms with Gasteiger partial charge in [-0.2, -0.15) is 0 Å². The largest absolute Gasteiger partial charge is 0.496 e. The number of alkyl halides is 3. The Morgan fingerprint density at radius 1 is 1.06 bits per heavy atom. The normalized spacial score (nSPS) is 12.2. The summed E-state index contributed by atoms with van der Waals surface area (Å²) in [6.07, 6.45) is -2.79. The minimum absolute atomic E-state index is 0.0251. The van der Waals surface area contributed by atoms with Crippen LogP contribution < -0.4 is 14.8 Å². The Hall–Kier alpha value is -4.02. The van der Waals surface area contributed by atoms with E-state index in [4.69, 9.17) is 9.47 Å². The summed E-state index contributed by atoms with van der Waals surface area (Å²) in [5.41, 5.74) is 3.72. The molecule has 1 N–H and O–H groups in total. The highest BCUT2D eigenvalue weighted by molar-refractivity contribution is 6.00. The third-order valence-electron chi connectivity index (χ3n) is 5.55. The van der Waals surface area contributed by atoms with Crippen molar-refractivity contribution in [3.8, 4) is 28.4 Å². The van der Waals surface area contributed by atoms with E-state index in [0.29, 0.717) is 11.2 Å². The van der Waals surface area contributed by atoms with Crippen molar-refractivity contribution in [1.82, 2.24) is 24.4 Å². The van der Waals surface area contributed by atoms with Crippen LogP contribution in [0.25, 0.3) is 28.0 Å². The van der Waals surface area contributed by atoms with Crippen molar-refractivity contribution < 1.29 is 27.4 Å². The van der Waals surface area contributed by atoms with Crippen LogP contribution in [-0.4, -0.2) is 51.9 Å². The molecule has 11 heteroatoms. The number of hydrogen-bond acceptors (Lipinski definition) is 5. The molecule has 0 spiro atoms. The molecule has 0 saturated carbocycles. The van der Waals surface area contributed by atoms with E-state index >= 15 is 0 Å². The maximum absolute atomic E-state index is 13.4. The van der Waals surface area contributed by atoms with Gasteiger partial charge in [0.05, 0.1) is 42.8 Å². The van der Waals surface area contributed by atoms with Crippen molar-refractivity contribution in [2.45, 2.75) is 19.6 Å². The van der Waals surface area contributed by atoms with E-state index in [1.54, 1.807) is 22.4 Å². The smallest absolute Gasteiger partial charge is 0.287 e. The number of carbonyl (C=O) groups excluding carboxylic acids is 1. The molecule has 0 bridgehead atoms. The Balaban J connectivity index is 1.76. The van der Waals surface area contributed by atoms with Crippen molar-refractivity contribution in [1.29, 1.82) is 0 Å². The molecule has 4 rings (SSSR count). The van der Waals surface area contributed by atoms with Gasteiger partial charge in [-0.05, 0) is 19.1 Å². The summed E-state index contributed by atoms with van der Waals surface area (Å²) in [5.74, 6) is -0.148. The van der Waals surface area contributed by atoms with Crippen LogP contribution in [0.15, 0.2) is 42.9 Å². The van der Waals surface area contributed by atoms with Crippen molar-refractivity contribution in [3.63, 3.8) is 0 Å². The standard InChI is InChI=1S/C23H22F3N5O3/c1-12-27-10-17(30(12)2)13-5-6-16-15(7-13)28-11-31(16)14-8-18(33-3)20(19(9-14)34-4)23(32)29-22(26)21(24)25/h5-11,21-22H,1-4H3,(H,29,32). The second kappa shape index (κ2) is 9.08. The average molecular weight is 473 g/mol. The maximum Gasteiger partial charge on any atom is 0.287 e. The molecule has 2 aromatic heterocycles. The molecule has 0 radical (unpaired) electrons. The lowest BCUT2D eigenvalue weighted by Crippen LogP contribution is -2.36. The average Bonchev–Trinajstić information content (AvgIpc) is 3.40. The lowest BCUT2D eigenvalue weighted by Gasteiger charge is -2.17. The van der Waals surface area contributed by atoms with Gasteiger partial charge in [0.2, 0.25) is 6.30 Å². The molecule has 1 atom stereocenters. The van der Waals surface area contributed by atoms with Crippen LogP contribution in [0.5, 0.6) is 11.5 Å². The first-order chi connectivity index (χ1) is 16.2. The Labute approximate surface area is 192 Å². The van der Waals surface area contributed by atoms with Gasteiger partial charge in [0.1, 0.15) is 29.2 Å². The van der Waals surface area contributed by atoms with Gasteiger partial charge in [0.25, 0.3) is 12.3 Å². The van der Waals surface area contributed by atoms with E-state index < -0.39 is 18.6 Å². The molecule has 0 saturated heterocycles. The van der Waals surface area contributed by atoms with Crippen LogP contribution in [0.4, 0.5) is 13.2 Å². The van der Waals surface area contributed by atoms with Crippen LogP contribution >= 0.6 is 0 Å². The molecule has 2 aromatic carbocycles. The summed E-state index contributed by atoms with van der Waals surface area (Å²) in [7, 11) is 4.55. The van der Waals surface area contributed by atoms with E-state index in [0.717, 1.165) is 22.6 Å². The minimum atomic E-state index is -3.36. The Morgan fingerprint density at radius 2 is 1.74 bits per heavy atom. The lowest BCUT2D eigenvalue weighted by atomic mass is 10.1. The van der Waals surface area contributed by atoms with Gasteiger partial charge in [-0.15, -0.1) is 0 Å². The molecule has 34 heavy (non-hydrogen) atoms. The van der Waals surface area contributed by atoms with Crippen LogP contribution in [0.1, 0.15) is 16.2 Å². The van der Waals surface area contributed by atoms with Crippen molar-refractivity contribution in [3.05, 3.63) is 54.2 Å². The molecule has 1 unspecified atom stereocenters. The third-order valence-corrected chi connectivity index (χ3v) is 5.55. The molecular weight excluding hydrogens is 451 g/mol. The number of nitrogens with zero attached hydrogens (tertiary/aromatic N) is 4. The number of aromatic nitrogens is 4. The van der Waals surface area contributed by atoms with Gasteiger partial charge in [0.15, 0.2) is 0 Å². The van der Waals surface area contributed by atoms with Gasteiger partial charge in [-0.3, -0.25) is 9.36 Å². The van der Waals surface area contributed by atoms with E-state index in [-0.39, 0.29) is 17.1 Å². The zero-order chi connectivity index (χ0) is 24.6. The van der Waals surface area contributed by atoms with Crippen molar-refractivity contribution in [2.24, 2.45) is 7.05 Å². The van der Waals surface area contributed by atoms with Gasteiger partial charge in [-0.1, -0.05) is 6.07 Å². The molecule has 4 aromatic rings. The third kappa shape index (κ3) is 4.04. The van der Waals surface area contributed by atoms with Gasteiger partial charge >= 0.3 is 0 Å². The number of hydrogen-bond donors (Lipinski definition) is 1. The molecule has 0 aliphatic rings. The number of ether oxygens (including phenoxy) is 2. The highest BCUT2D eigenvalue weighted by Gasteiger charge is 2.27. The van der Waals surface area contributed by atoms with E-state index in [9.17, 15) is 18.0 Å². The topological polar surface area (TPSA) is 83.2 Å².